The number of amides is 2. The largest absolute Gasteiger partial charge is 0.497 e. The monoisotopic (exact) mass is 573 g/mol. The highest BCUT2D eigenvalue weighted by Gasteiger charge is 2.74. The van der Waals surface area contributed by atoms with E-state index in [2.05, 4.69) is 5.32 Å². The second-order valence-electron chi connectivity index (χ2n) is 9.37. The molecule has 0 bridgehead atoms. The number of fused-ring (bicyclic) bond motifs is 4. The van der Waals surface area contributed by atoms with E-state index in [1.807, 2.05) is 0 Å². The third-order valence-corrected chi connectivity index (χ3v) is 8.13. The second-order valence-corrected chi connectivity index (χ2v) is 10.7. The van der Waals surface area contributed by atoms with E-state index < -0.39 is 60.1 Å². The number of rotatable bonds is 4. The lowest BCUT2D eigenvalue weighted by Crippen LogP contribution is -2.54. The van der Waals surface area contributed by atoms with Gasteiger partial charge in [0.2, 0.25) is 5.91 Å². The average molecular weight is 575 g/mol. The summed E-state index contributed by atoms with van der Waals surface area (Å²) >= 11 is 18.6. The maximum atomic E-state index is 14.9. The van der Waals surface area contributed by atoms with Gasteiger partial charge in [0, 0.05) is 46.9 Å². The van der Waals surface area contributed by atoms with E-state index in [1.54, 1.807) is 0 Å². The Kier molecular flexibility index (Phi) is 6.10. The number of nitrogens with one attached hydrogen (secondary N) is 1. The summed E-state index contributed by atoms with van der Waals surface area (Å²) < 4.78 is 34.9. The predicted molar refractivity (Wildman–Crippen MR) is 133 cm³/mol. The summed E-state index contributed by atoms with van der Waals surface area (Å²) in [4.78, 5) is 42.7. The quantitative estimate of drug-likeness (QED) is 0.558. The minimum Gasteiger partial charge on any atom is -0.497 e. The fourth-order valence-electron chi connectivity index (χ4n) is 5.99. The first kappa shape index (κ1) is 26.0. The highest BCUT2D eigenvalue weighted by atomic mass is 35.5. The molecule has 3 aliphatic heterocycles. The smallest absolute Gasteiger partial charge is 0.310 e. The van der Waals surface area contributed by atoms with Gasteiger partial charge in [-0.15, -0.1) is 0 Å². The molecule has 13 heteroatoms. The Balaban J connectivity index is 1.70. The van der Waals surface area contributed by atoms with Crippen molar-refractivity contribution < 1.29 is 33.0 Å². The molecule has 0 radical (unpaired) electrons. The van der Waals surface area contributed by atoms with Crippen LogP contribution in [0.2, 0.25) is 15.1 Å². The first-order valence-corrected chi connectivity index (χ1v) is 12.3. The fraction of sp³-hybridized carbons (Fsp3) is 0.375. The number of hydrogen-bond acceptors (Lipinski definition) is 5. The molecule has 2 fully saturated rings. The topological polar surface area (TPSA) is 99.2 Å². The van der Waals surface area contributed by atoms with E-state index in [0.717, 1.165) is 9.80 Å². The van der Waals surface area contributed by atoms with Crippen molar-refractivity contribution in [3.05, 3.63) is 51.0 Å². The van der Waals surface area contributed by atoms with E-state index in [4.69, 9.17) is 39.5 Å². The first-order chi connectivity index (χ1) is 17.3. The molecule has 196 valence electrons. The number of carbonyl (C=O) groups excluding carboxylic acids is 2. The number of hydrogen-bond donors (Lipinski definition) is 2. The Bertz CT molecular complexity index is 1360. The van der Waals surface area contributed by atoms with Gasteiger partial charge in [0.05, 0.1) is 30.3 Å². The number of methoxy groups -OCH3 is 1. The lowest BCUT2D eigenvalue weighted by atomic mass is 9.73. The molecular weight excluding hydrogens is 555 g/mol. The van der Waals surface area contributed by atoms with Crippen molar-refractivity contribution >= 4 is 64.0 Å². The average Bonchev–Trinajstić information content (AvgIpc) is 3.38. The number of nitrogens with zero attached hydrogens (tertiary/aromatic N) is 2. The summed E-state index contributed by atoms with van der Waals surface area (Å²) in [6, 6.07) is 5.90. The van der Waals surface area contributed by atoms with Crippen LogP contribution < -0.4 is 15.0 Å². The van der Waals surface area contributed by atoms with Gasteiger partial charge in [-0.25, -0.2) is 8.78 Å². The molecule has 3 aliphatic rings. The Labute approximate surface area is 225 Å². The molecule has 37 heavy (non-hydrogen) atoms. The number of anilines is 2. The summed E-state index contributed by atoms with van der Waals surface area (Å²) in [5.74, 6) is -9.30. The van der Waals surface area contributed by atoms with Crippen LogP contribution in [0.25, 0.3) is 0 Å². The number of carboxylic acid groups (broad SMARTS) is 1. The zero-order chi connectivity index (χ0) is 27.0. The second kappa shape index (κ2) is 8.69. The molecule has 2 N–H and O–H groups in total. The molecular formula is C24H20Cl3F2N3O5. The molecule has 1 unspecified atom stereocenters. The number of ether oxygens (including phenoxy) is 1. The van der Waals surface area contributed by atoms with E-state index in [1.165, 1.54) is 44.5 Å². The number of carbonyl (C=O) groups is 3. The van der Waals surface area contributed by atoms with Crippen molar-refractivity contribution in [2.75, 3.05) is 30.9 Å². The van der Waals surface area contributed by atoms with Gasteiger partial charge in [-0.1, -0.05) is 34.8 Å². The van der Waals surface area contributed by atoms with Crippen LogP contribution >= 0.6 is 34.8 Å². The third kappa shape index (κ3) is 3.76. The van der Waals surface area contributed by atoms with E-state index in [9.17, 15) is 28.3 Å². The lowest BCUT2D eigenvalue weighted by molar-refractivity contribution is -0.153. The molecule has 5 rings (SSSR count). The molecule has 2 aromatic carbocycles. The van der Waals surface area contributed by atoms with E-state index in [-0.39, 0.29) is 32.0 Å². The van der Waals surface area contributed by atoms with E-state index in [0.29, 0.717) is 5.75 Å². The van der Waals surface area contributed by atoms with E-state index >= 15 is 0 Å². The fourth-order valence-corrected chi connectivity index (χ4v) is 6.75. The van der Waals surface area contributed by atoms with Crippen LogP contribution in [0.15, 0.2) is 30.3 Å². The summed E-state index contributed by atoms with van der Waals surface area (Å²) in [6.45, 7) is -0.920. The number of benzene rings is 2. The Morgan fingerprint density at radius 1 is 1.16 bits per heavy atom. The zero-order valence-corrected chi connectivity index (χ0v) is 21.7. The number of halogens is 5. The Hall–Kier alpha value is -2.66. The van der Waals surface area contributed by atoms with Crippen LogP contribution in [0.4, 0.5) is 20.2 Å². The molecule has 2 amide bonds. The van der Waals surface area contributed by atoms with Crippen LogP contribution in [0.5, 0.6) is 5.75 Å². The first-order valence-electron chi connectivity index (χ1n) is 11.1. The standard InChI is InChI=1S/C24H20Cl3F2N3O5/c1-31(12-3-10(25)4-13(7-12)37-2)20(33)17-16-8-23(28,29)9-32(16)24(18(17)21(34)35)14-5-11(26)6-15(27)19(14)30-22(24)36/h3-7,16-18H,8-9H2,1-2H3,(H,30,36)(H,34,35)/t16?,17-,18+,24-/m1/s1. The van der Waals surface area contributed by atoms with Gasteiger partial charge >= 0.3 is 5.97 Å². The minimum absolute atomic E-state index is 0.0253. The highest BCUT2D eigenvalue weighted by molar-refractivity contribution is 6.38. The normalized spacial score (nSPS) is 27.6. The highest BCUT2D eigenvalue weighted by Crippen LogP contribution is 2.61. The molecule has 3 heterocycles. The molecule has 2 saturated heterocycles. The maximum absolute atomic E-state index is 14.9. The van der Waals surface area contributed by atoms with Crippen molar-refractivity contribution in [2.45, 2.75) is 23.9 Å². The predicted octanol–water partition coefficient (Wildman–Crippen LogP) is 4.51. The number of aliphatic carboxylic acids is 1. The Morgan fingerprint density at radius 2 is 1.84 bits per heavy atom. The van der Waals surface area contributed by atoms with Crippen molar-refractivity contribution in [1.29, 1.82) is 0 Å². The van der Waals surface area contributed by atoms with Crippen LogP contribution in [0, 0.1) is 11.8 Å². The third-order valence-electron chi connectivity index (χ3n) is 7.40. The Morgan fingerprint density at radius 3 is 2.49 bits per heavy atom. The molecule has 8 nitrogen and oxygen atoms in total. The summed E-state index contributed by atoms with van der Waals surface area (Å²) in [5.41, 5.74) is -1.74. The van der Waals surface area contributed by atoms with Gasteiger partial charge in [-0.05, 0) is 24.3 Å². The zero-order valence-electron chi connectivity index (χ0n) is 19.4. The number of alkyl halides is 2. The van der Waals surface area contributed by atoms with Crippen LogP contribution in [0.1, 0.15) is 12.0 Å². The number of carboxylic acids is 1. The van der Waals surface area contributed by atoms with Crippen molar-refractivity contribution in [3.8, 4) is 5.75 Å². The van der Waals surface area contributed by atoms with Gasteiger partial charge in [-0.2, -0.15) is 0 Å². The van der Waals surface area contributed by atoms with Gasteiger partial charge in [-0.3, -0.25) is 19.3 Å². The maximum Gasteiger partial charge on any atom is 0.310 e. The van der Waals surface area contributed by atoms with Crippen LogP contribution in [-0.4, -0.2) is 60.5 Å². The molecule has 0 saturated carbocycles. The minimum atomic E-state index is -3.27. The van der Waals surface area contributed by atoms with Crippen LogP contribution in [0.3, 0.4) is 0 Å². The molecule has 0 aromatic heterocycles. The molecule has 0 aliphatic carbocycles. The summed E-state index contributed by atoms with van der Waals surface area (Å²) in [7, 11) is 2.79. The lowest BCUT2D eigenvalue weighted by Gasteiger charge is -2.36. The van der Waals surface area contributed by atoms with Gasteiger partial charge in [0.25, 0.3) is 11.8 Å². The van der Waals surface area contributed by atoms with Crippen molar-refractivity contribution in [1.82, 2.24) is 4.90 Å². The SMILES string of the molecule is COc1cc(Cl)cc(N(C)C(=O)[C@@H]2C3CC(F)(F)CN3[C@@]3(C(=O)Nc4c(Cl)cc(Cl)cc43)[C@@H]2C(=O)O)c1. The van der Waals surface area contributed by atoms with Crippen LogP contribution in [-0.2, 0) is 19.9 Å². The van der Waals surface area contributed by atoms with Gasteiger partial charge in [0.15, 0.2) is 0 Å². The molecule has 4 atom stereocenters. The van der Waals surface area contributed by atoms with Crippen molar-refractivity contribution in [2.24, 2.45) is 11.8 Å². The van der Waals surface area contributed by atoms with Gasteiger partial charge < -0.3 is 20.1 Å². The summed E-state index contributed by atoms with van der Waals surface area (Å²) in [6.07, 6.45) is -0.807. The van der Waals surface area contributed by atoms with Crippen molar-refractivity contribution in [3.63, 3.8) is 0 Å². The molecule has 2 aromatic rings. The van der Waals surface area contributed by atoms with Gasteiger partial charge in [0.1, 0.15) is 17.2 Å². The summed E-state index contributed by atoms with van der Waals surface area (Å²) in [5, 5.41) is 13.3. The molecule has 1 spiro atoms.